The summed E-state index contributed by atoms with van der Waals surface area (Å²) >= 11 is 0. The van der Waals surface area contributed by atoms with Crippen molar-refractivity contribution >= 4 is 10.2 Å². The third-order valence-electron chi connectivity index (χ3n) is 2.77. The lowest BCUT2D eigenvalue weighted by atomic mass is 9.84. The summed E-state index contributed by atoms with van der Waals surface area (Å²) in [4.78, 5) is 0. The highest BCUT2D eigenvalue weighted by Gasteiger charge is 2.27. The van der Waals surface area contributed by atoms with Crippen molar-refractivity contribution in [3.8, 4) is 0 Å². The van der Waals surface area contributed by atoms with Crippen LogP contribution in [-0.2, 0) is 0 Å². The monoisotopic (exact) mass is 216 g/mol. The Bertz CT molecular complexity index is 131. The van der Waals surface area contributed by atoms with Crippen LogP contribution in [0.25, 0.3) is 0 Å². The van der Waals surface area contributed by atoms with Gasteiger partial charge in [0.1, 0.15) is 0 Å². The molecule has 2 nitrogen and oxygen atoms in total. The molecule has 0 aliphatic rings. The van der Waals surface area contributed by atoms with Gasteiger partial charge in [-0.15, -0.1) is 0 Å². The van der Waals surface area contributed by atoms with Gasteiger partial charge in [0.05, 0.1) is 6.17 Å². The average molecular weight is 216 g/mol. The van der Waals surface area contributed by atoms with Crippen LogP contribution < -0.4 is 10.6 Å². The van der Waals surface area contributed by atoms with Crippen molar-refractivity contribution in [3.05, 3.63) is 0 Å². The lowest BCUT2D eigenvalue weighted by Crippen LogP contribution is -2.52. The topological polar surface area (TPSA) is 24.1 Å². The minimum Gasteiger partial charge on any atom is -0.302 e. The van der Waals surface area contributed by atoms with Crippen LogP contribution in [0, 0.1) is 5.41 Å². The van der Waals surface area contributed by atoms with Gasteiger partial charge in [0.15, 0.2) is 0 Å². The summed E-state index contributed by atoms with van der Waals surface area (Å²) in [5.74, 6) is 0. The maximum atomic E-state index is 3.53. The Morgan fingerprint density at radius 2 is 1.64 bits per heavy atom. The van der Waals surface area contributed by atoms with E-state index in [0.29, 0.717) is 11.6 Å². The molecule has 86 valence electrons. The molecule has 0 amide bonds. The van der Waals surface area contributed by atoms with Crippen LogP contribution >= 0.6 is 0 Å². The Hall–Kier alpha value is 0.137. The quantitative estimate of drug-likeness (QED) is 0.469. The van der Waals surface area contributed by atoms with Crippen molar-refractivity contribution in [2.45, 2.75) is 52.7 Å². The molecule has 3 heteroatoms. The van der Waals surface area contributed by atoms with Crippen molar-refractivity contribution < 1.29 is 0 Å². The molecule has 0 radical (unpaired) electrons. The Balaban J connectivity index is 4.13. The van der Waals surface area contributed by atoms with Crippen molar-refractivity contribution in [1.82, 2.24) is 10.6 Å². The molecular formula is C11H28N2Si. The van der Waals surface area contributed by atoms with E-state index >= 15 is 0 Å². The van der Waals surface area contributed by atoms with E-state index in [4.69, 9.17) is 0 Å². The van der Waals surface area contributed by atoms with E-state index in [1.165, 1.54) is 29.1 Å². The fourth-order valence-corrected chi connectivity index (χ4v) is 2.16. The number of hydrogen-bond acceptors (Lipinski definition) is 2. The molecule has 0 aliphatic carbocycles. The largest absolute Gasteiger partial charge is 0.302 e. The molecular weight excluding hydrogens is 188 g/mol. The molecule has 0 saturated carbocycles. The second-order valence-electron chi connectivity index (χ2n) is 4.64. The molecule has 0 fully saturated rings. The standard InChI is InChI=1S/C11H28N2Si/c1-5-12-10(13-6-2)11(3,4)8-7-9-14/h10,12-13H,5-9H2,1-4,14H3. The molecule has 0 rings (SSSR count). The molecule has 14 heavy (non-hydrogen) atoms. The molecule has 0 atom stereocenters. The average Bonchev–Trinajstić information content (AvgIpc) is 2.14. The van der Waals surface area contributed by atoms with E-state index in [0.717, 1.165) is 13.1 Å². The van der Waals surface area contributed by atoms with E-state index < -0.39 is 0 Å². The molecule has 0 bridgehead atoms. The van der Waals surface area contributed by atoms with Gasteiger partial charge < -0.3 is 10.6 Å². The Morgan fingerprint density at radius 1 is 1.14 bits per heavy atom. The minimum absolute atomic E-state index is 0.371. The lowest BCUT2D eigenvalue weighted by molar-refractivity contribution is 0.190. The van der Waals surface area contributed by atoms with Gasteiger partial charge in [0.25, 0.3) is 0 Å². The van der Waals surface area contributed by atoms with E-state index in [1.54, 1.807) is 0 Å². The first-order valence-corrected chi connectivity index (χ1v) is 7.46. The summed E-state index contributed by atoms with van der Waals surface area (Å²) in [6.07, 6.45) is 3.17. The highest BCUT2D eigenvalue weighted by Crippen LogP contribution is 2.26. The first kappa shape index (κ1) is 14.1. The van der Waals surface area contributed by atoms with Crippen LogP contribution in [0.1, 0.15) is 40.5 Å². The smallest absolute Gasteiger partial charge is 0.0624 e. The Labute approximate surface area is 92.7 Å². The Kier molecular flexibility index (Phi) is 7.50. The van der Waals surface area contributed by atoms with Crippen molar-refractivity contribution in [2.24, 2.45) is 5.41 Å². The number of hydrogen-bond donors (Lipinski definition) is 2. The summed E-state index contributed by atoms with van der Waals surface area (Å²) in [6, 6.07) is 1.42. The van der Waals surface area contributed by atoms with Gasteiger partial charge >= 0.3 is 0 Å². The van der Waals surface area contributed by atoms with Gasteiger partial charge in [-0.1, -0.05) is 40.2 Å². The zero-order chi connectivity index (χ0) is 11.0. The molecule has 2 N–H and O–H groups in total. The third-order valence-corrected chi connectivity index (χ3v) is 3.48. The van der Waals surface area contributed by atoms with Gasteiger partial charge in [-0.25, -0.2) is 0 Å². The van der Waals surface area contributed by atoms with E-state index in [-0.39, 0.29) is 0 Å². The normalized spacial score (nSPS) is 12.6. The van der Waals surface area contributed by atoms with Crippen LogP contribution in [0.4, 0.5) is 0 Å². The fourth-order valence-electron chi connectivity index (χ4n) is 1.81. The van der Waals surface area contributed by atoms with Crippen LogP contribution in [0.5, 0.6) is 0 Å². The molecule has 0 aromatic carbocycles. The summed E-state index contributed by atoms with van der Waals surface area (Å²) in [5, 5.41) is 7.07. The maximum Gasteiger partial charge on any atom is 0.0624 e. The van der Waals surface area contributed by atoms with Crippen molar-refractivity contribution in [2.75, 3.05) is 13.1 Å². The molecule has 0 spiro atoms. The van der Waals surface area contributed by atoms with Crippen molar-refractivity contribution in [3.63, 3.8) is 0 Å². The summed E-state index contributed by atoms with van der Waals surface area (Å²) in [5.41, 5.74) is 0.371. The molecule has 0 unspecified atom stereocenters. The molecule has 0 aromatic rings. The van der Waals surface area contributed by atoms with Crippen molar-refractivity contribution in [1.29, 1.82) is 0 Å². The van der Waals surface area contributed by atoms with Crippen LogP contribution in [0.15, 0.2) is 0 Å². The van der Waals surface area contributed by atoms with Gasteiger partial charge in [0, 0.05) is 10.2 Å². The van der Waals surface area contributed by atoms with E-state index in [9.17, 15) is 0 Å². The van der Waals surface area contributed by atoms with Crippen LogP contribution in [-0.4, -0.2) is 29.5 Å². The fraction of sp³-hybridized carbons (Fsp3) is 1.00. The van der Waals surface area contributed by atoms with E-state index in [1.807, 2.05) is 0 Å². The maximum absolute atomic E-state index is 3.53. The van der Waals surface area contributed by atoms with Crippen LogP contribution in [0.2, 0.25) is 6.04 Å². The van der Waals surface area contributed by atoms with Crippen LogP contribution in [0.3, 0.4) is 0 Å². The van der Waals surface area contributed by atoms with E-state index in [2.05, 4.69) is 38.3 Å². The highest BCUT2D eigenvalue weighted by molar-refractivity contribution is 6.08. The SMILES string of the molecule is CCNC(NCC)C(C)(C)CCC[SiH3]. The molecule has 0 heterocycles. The first-order chi connectivity index (χ1) is 6.58. The first-order valence-electron chi connectivity index (χ1n) is 6.05. The molecule has 0 aromatic heterocycles. The second-order valence-corrected chi connectivity index (χ2v) is 5.64. The second kappa shape index (κ2) is 7.43. The highest BCUT2D eigenvalue weighted by atomic mass is 28.1. The zero-order valence-electron chi connectivity index (χ0n) is 10.6. The summed E-state index contributed by atoms with van der Waals surface area (Å²) in [7, 11) is 1.34. The Morgan fingerprint density at radius 3 is 2.00 bits per heavy atom. The molecule has 0 saturated heterocycles. The predicted molar refractivity (Wildman–Crippen MR) is 68.9 cm³/mol. The van der Waals surface area contributed by atoms with Gasteiger partial charge in [-0.3, -0.25) is 0 Å². The lowest BCUT2D eigenvalue weighted by Gasteiger charge is -2.35. The third kappa shape index (κ3) is 5.13. The zero-order valence-corrected chi connectivity index (χ0v) is 12.6. The van der Waals surface area contributed by atoms with Gasteiger partial charge in [-0.05, 0) is 24.9 Å². The van der Waals surface area contributed by atoms with Gasteiger partial charge in [-0.2, -0.15) is 0 Å². The summed E-state index contributed by atoms with van der Waals surface area (Å²) < 4.78 is 0. The summed E-state index contributed by atoms with van der Waals surface area (Å²) in [6.45, 7) is 11.2. The predicted octanol–water partition coefficient (Wildman–Crippen LogP) is 1.12. The minimum atomic E-state index is 0.371. The number of rotatable bonds is 8. The number of nitrogens with one attached hydrogen (secondary N) is 2. The molecule has 0 aliphatic heterocycles. The van der Waals surface area contributed by atoms with Gasteiger partial charge in [0.2, 0.25) is 0 Å².